The van der Waals surface area contributed by atoms with Crippen LogP contribution < -0.4 is 0 Å². The molecule has 0 spiro atoms. The fraction of sp³-hybridized carbons (Fsp3) is 0.462. The van der Waals surface area contributed by atoms with Crippen LogP contribution >= 0.6 is 0 Å². The Balaban J connectivity index is 1.83. The number of carbonyl (C=O) groups excluding carboxylic acids is 1. The van der Waals surface area contributed by atoms with Crippen LogP contribution in [0.15, 0.2) is 24.3 Å². The Morgan fingerprint density at radius 2 is 1.88 bits per heavy atom. The van der Waals surface area contributed by atoms with Crippen LogP contribution in [0.2, 0.25) is 0 Å². The van der Waals surface area contributed by atoms with E-state index >= 15 is 0 Å². The van der Waals surface area contributed by atoms with Gasteiger partial charge in [-0.15, -0.1) is 0 Å². The van der Waals surface area contributed by atoms with Crippen LogP contribution in [0.25, 0.3) is 0 Å². The Morgan fingerprint density at radius 3 is 2.44 bits per heavy atom. The fourth-order valence-electron chi connectivity index (χ4n) is 1.65. The van der Waals surface area contributed by atoms with Gasteiger partial charge in [0.15, 0.2) is 0 Å². The highest BCUT2D eigenvalue weighted by molar-refractivity contribution is 5.69. The highest BCUT2D eigenvalue weighted by Crippen LogP contribution is 2.13. The molecule has 1 aliphatic rings. The van der Waals surface area contributed by atoms with Gasteiger partial charge in [0.05, 0.1) is 7.11 Å². The van der Waals surface area contributed by atoms with Crippen molar-refractivity contribution in [2.45, 2.75) is 19.4 Å². The number of rotatable bonds is 5. The summed E-state index contributed by atoms with van der Waals surface area (Å²) in [7, 11) is 1.43. The second kappa shape index (κ2) is 5.12. The molecule has 1 saturated heterocycles. The van der Waals surface area contributed by atoms with Crippen molar-refractivity contribution in [2.75, 3.05) is 20.2 Å². The van der Waals surface area contributed by atoms with Gasteiger partial charge >= 0.3 is 5.97 Å². The zero-order valence-corrected chi connectivity index (χ0v) is 9.61. The van der Waals surface area contributed by atoms with Crippen molar-refractivity contribution in [1.82, 2.24) is 4.90 Å². The molecule has 0 atom stereocenters. The Morgan fingerprint density at radius 1 is 1.25 bits per heavy atom. The smallest absolute Gasteiger partial charge is 0.305 e. The maximum atomic E-state index is 11.0. The molecule has 0 aliphatic carbocycles. The normalized spacial score (nSPS) is 14.8. The second-order valence-electron chi connectivity index (χ2n) is 4.17. The zero-order chi connectivity index (χ0) is 11.4. The number of nitrogens with zero attached hydrogens (tertiary/aromatic N) is 1. The first-order valence-electron chi connectivity index (χ1n) is 5.65. The number of hydrogen-bond acceptors (Lipinski definition) is 3. The predicted molar refractivity (Wildman–Crippen MR) is 62.1 cm³/mol. The van der Waals surface area contributed by atoms with Crippen LogP contribution in [0.5, 0.6) is 0 Å². The minimum atomic E-state index is -0.145. The Hall–Kier alpha value is -1.35. The van der Waals surface area contributed by atoms with Crippen molar-refractivity contribution in [3.05, 3.63) is 35.4 Å². The van der Waals surface area contributed by atoms with E-state index in [9.17, 15) is 4.79 Å². The minimum Gasteiger partial charge on any atom is -0.469 e. The molecule has 0 amide bonds. The summed E-state index contributed by atoms with van der Waals surface area (Å²) in [6.45, 7) is 3.51. The molecule has 0 N–H and O–H groups in total. The summed E-state index contributed by atoms with van der Waals surface area (Å²) in [5.41, 5.74) is 2.54. The quantitative estimate of drug-likeness (QED) is 0.556. The van der Waals surface area contributed by atoms with Gasteiger partial charge in [-0.3, -0.25) is 9.69 Å². The third-order valence-corrected chi connectivity index (χ3v) is 2.81. The molecule has 0 bridgehead atoms. The molecule has 2 rings (SSSR count). The highest BCUT2D eigenvalue weighted by Gasteiger charge is 2.16. The van der Waals surface area contributed by atoms with Gasteiger partial charge in [-0.2, -0.15) is 0 Å². The number of ether oxygens (including phenoxy) is 1. The molecule has 86 valence electrons. The zero-order valence-electron chi connectivity index (χ0n) is 9.61. The van der Waals surface area contributed by atoms with E-state index in [2.05, 4.69) is 33.9 Å². The van der Waals surface area contributed by atoms with Crippen LogP contribution in [0, 0.1) is 0 Å². The molecular formula is C13H17NO2. The first-order valence-corrected chi connectivity index (χ1v) is 5.65. The van der Waals surface area contributed by atoms with Crippen LogP contribution in [-0.2, 0) is 22.5 Å². The molecule has 1 heterocycles. The summed E-state index contributed by atoms with van der Waals surface area (Å²) in [6, 6.07) is 8.49. The number of esters is 1. The van der Waals surface area contributed by atoms with Crippen LogP contribution in [0.1, 0.15) is 17.5 Å². The molecule has 1 aromatic carbocycles. The molecule has 3 nitrogen and oxygen atoms in total. The summed E-state index contributed by atoms with van der Waals surface area (Å²) in [4.78, 5) is 13.4. The van der Waals surface area contributed by atoms with Gasteiger partial charge in [0.25, 0.3) is 0 Å². The monoisotopic (exact) mass is 219 g/mol. The van der Waals surface area contributed by atoms with Crippen molar-refractivity contribution in [1.29, 1.82) is 0 Å². The van der Waals surface area contributed by atoms with Gasteiger partial charge < -0.3 is 4.74 Å². The third-order valence-electron chi connectivity index (χ3n) is 2.81. The van der Waals surface area contributed by atoms with Gasteiger partial charge in [0.2, 0.25) is 0 Å². The summed E-state index contributed by atoms with van der Waals surface area (Å²) in [6.07, 6.45) is 1.22. The molecule has 1 fully saturated rings. The third kappa shape index (κ3) is 3.35. The van der Waals surface area contributed by atoms with E-state index in [1.54, 1.807) is 0 Å². The molecule has 1 aliphatic heterocycles. The molecule has 3 heteroatoms. The molecule has 1 aromatic rings. The van der Waals surface area contributed by atoms with E-state index < -0.39 is 0 Å². The predicted octanol–water partition coefficient (Wildman–Crippen LogP) is 1.61. The average Bonchev–Trinajstić information content (AvgIpc) is 3.11. The number of hydrogen-bond donors (Lipinski definition) is 0. The summed E-state index contributed by atoms with van der Waals surface area (Å²) < 4.78 is 4.61. The van der Waals surface area contributed by atoms with E-state index in [1.165, 1.54) is 31.3 Å². The lowest BCUT2D eigenvalue weighted by molar-refractivity contribution is -0.140. The molecule has 0 radical (unpaired) electrons. The largest absolute Gasteiger partial charge is 0.469 e. The van der Waals surface area contributed by atoms with Crippen LogP contribution in [-0.4, -0.2) is 31.1 Å². The first-order chi connectivity index (χ1) is 7.78. The Bertz CT molecular complexity index is 355. The molecule has 0 unspecified atom stereocenters. The van der Waals surface area contributed by atoms with Gasteiger partial charge in [0.1, 0.15) is 0 Å². The lowest BCUT2D eigenvalue weighted by Gasteiger charge is -2.04. The van der Waals surface area contributed by atoms with E-state index in [4.69, 9.17) is 0 Å². The molecular weight excluding hydrogens is 202 g/mol. The molecule has 0 saturated carbocycles. The molecule has 0 aromatic heterocycles. The van der Waals surface area contributed by atoms with Gasteiger partial charge in [0, 0.05) is 26.1 Å². The van der Waals surface area contributed by atoms with Crippen molar-refractivity contribution >= 4 is 5.97 Å². The standard InChI is InChI=1S/C13H17NO2/c1-16-13(15)7-6-11-2-4-12(5-3-11)10-14-8-9-14/h2-5H,6-10H2,1H3. The Kier molecular flexibility index (Phi) is 3.57. The van der Waals surface area contributed by atoms with Crippen molar-refractivity contribution in [3.8, 4) is 0 Å². The van der Waals surface area contributed by atoms with E-state index in [0.29, 0.717) is 6.42 Å². The SMILES string of the molecule is COC(=O)CCc1ccc(CN2CC2)cc1. The van der Waals surface area contributed by atoms with Gasteiger partial charge in [-0.25, -0.2) is 0 Å². The highest BCUT2D eigenvalue weighted by atomic mass is 16.5. The van der Waals surface area contributed by atoms with E-state index in [-0.39, 0.29) is 5.97 Å². The lowest BCUT2D eigenvalue weighted by atomic mass is 10.1. The second-order valence-corrected chi connectivity index (χ2v) is 4.17. The average molecular weight is 219 g/mol. The number of methoxy groups -OCH3 is 1. The number of carbonyl (C=O) groups is 1. The fourth-order valence-corrected chi connectivity index (χ4v) is 1.65. The van der Waals surface area contributed by atoms with E-state index in [1.807, 2.05) is 0 Å². The van der Waals surface area contributed by atoms with Crippen molar-refractivity contribution in [3.63, 3.8) is 0 Å². The minimum absolute atomic E-state index is 0.145. The van der Waals surface area contributed by atoms with Gasteiger partial charge in [-0.05, 0) is 17.5 Å². The van der Waals surface area contributed by atoms with Gasteiger partial charge in [-0.1, -0.05) is 24.3 Å². The Labute approximate surface area is 96.0 Å². The lowest BCUT2D eigenvalue weighted by Crippen LogP contribution is -2.02. The topological polar surface area (TPSA) is 29.3 Å². The van der Waals surface area contributed by atoms with Crippen LogP contribution in [0.3, 0.4) is 0 Å². The van der Waals surface area contributed by atoms with Crippen LogP contribution in [0.4, 0.5) is 0 Å². The number of benzene rings is 1. The van der Waals surface area contributed by atoms with Crippen molar-refractivity contribution < 1.29 is 9.53 Å². The summed E-state index contributed by atoms with van der Waals surface area (Å²) in [5, 5.41) is 0. The molecule has 16 heavy (non-hydrogen) atoms. The maximum absolute atomic E-state index is 11.0. The van der Waals surface area contributed by atoms with E-state index in [0.717, 1.165) is 13.0 Å². The summed E-state index contributed by atoms with van der Waals surface area (Å²) in [5.74, 6) is -0.145. The number of aryl methyl sites for hydroxylation is 1. The maximum Gasteiger partial charge on any atom is 0.305 e. The summed E-state index contributed by atoms with van der Waals surface area (Å²) >= 11 is 0. The van der Waals surface area contributed by atoms with Crippen molar-refractivity contribution in [2.24, 2.45) is 0 Å². The first kappa shape index (κ1) is 11.1.